The molecule has 6 heteroatoms. The number of carbonyl (C=O) groups excluding carboxylic acids is 3. The standard InChI is InChI=1S/C19H17NO5/c1-12-7-8-16(24-2)14(9-12)15(21)10-20-18(22)11-25-17-6-4-3-5-13(17)19(20)23/h3-9H,10-11H2,1-2H3. The minimum absolute atomic E-state index is 0.261. The number of para-hydroxylation sites is 1. The van der Waals surface area contributed by atoms with Gasteiger partial charge in [-0.2, -0.15) is 0 Å². The Labute approximate surface area is 145 Å². The third kappa shape index (κ3) is 3.24. The van der Waals surface area contributed by atoms with Gasteiger partial charge in [0.1, 0.15) is 11.5 Å². The van der Waals surface area contributed by atoms with E-state index in [1.807, 2.05) is 13.0 Å². The number of hydrogen-bond donors (Lipinski definition) is 0. The van der Waals surface area contributed by atoms with Gasteiger partial charge in [0, 0.05) is 0 Å². The van der Waals surface area contributed by atoms with Gasteiger partial charge in [-0.25, -0.2) is 0 Å². The second kappa shape index (κ2) is 6.76. The summed E-state index contributed by atoms with van der Waals surface area (Å²) in [6.07, 6.45) is 0. The SMILES string of the molecule is COc1ccc(C)cc1C(=O)CN1C(=O)COc2ccccc2C1=O. The fourth-order valence-corrected chi connectivity index (χ4v) is 2.67. The van der Waals surface area contributed by atoms with Crippen LogP contribution in [0.1, 0.15) is 26.3 Å². The number of aryl methyl sites for hydroxylation is 1. The molecule has 2 aromatic rings. The first-order chi connectivity index (χ1) is 12.0. The predicted octanol–water partition coefficient (Wildman–Crippen LogP) is 2.25. The van der Waals surface area contributed by atoms with Gasteiger partial charge in [-0.1, -0.05) is 23.8 Å². The summed E-state index contributed by atoms with van der Waals surface area (Å²) in [5.74, 6) is -0.730. The number of nitrogens with zero attached hydrogens (tertiary/aromatic N) is 1. The van der Waals surface area contributed by atoms with Crippen molar-refractivity contribution in [2.45, 2.75) is 6.92 Å². The molecule has 2 aromatic carbocycles. The van der Waals surface area contributed by atoms with Crippen LogP contribution in [0.5, 0.6) is 11.5 Å². The zero-order chi connectivity index (χ0) is 18.0. The highest BCUT2D eigenvalue weighted by atomic mass is 16.5. The molecule has 0 saturated carbocycles. The zero-order valence-corrected chi connectivity index (χ0v) is 13.9. The number of Topliss-reactive ketones (excluding diaryl/α,β-unsaturated/α-hetero) is 1. The van der Waals surface area contributed by atoms with E-state index < -0.39 is 11.8 Å². The second-order valence-electron chi connectivity index (χ2n) is 5.70. The highest BCUT2D eigenvalue weighted by Gasteiger charge is 2.31. The van der Waals surface area contributed by atoms with Crippen molar-refractivity contribution in [3.8, 4) is 11.5 Å². The molecule has 25 heavy (non-hydrogen) atoms. The maximum absolute atomic E-state index is 12.7. The van der Waals surface area contributed by atoms with E-state index >= 15 is 0 Å². The lowest BCUT2D eigenvalue weighted by Crippen LogP contribution is -2.41. The smallest absolute Gasteiger partial charge is 0.267 e. The predicted molar refractivity (Wildman–Crippen MR) is 90.0 cm³/mol. The molecule has 1 aliphatic heterocycles. The number of benzene rings is 2. The average molecular weight is 339 g/mol. The molecule has 0 aromatic heterocycles. The van der Waals surface area contributed by atoms with E-state index in [1.54, 1.807) is 36.4 Å². The molecule has 0 aliphatic carbocycles. The van der Waals surface area contributed by atoms with Crippen LogP contribution in [0.4, 0.5) is 0 Å². The van der Waals surface area contributed by atoms with E-state index in [-0.39, 0.29) is 24.5 Å². The summed E-state index contributed by atoms with van der Waals surface area (Å²) in [5, 5.41) is 0. The Kier molecular flexibility index (Phi) is 4.52. The lowest BCUT2D eigenvalue weighted by molar-refractivity contribution is -0.129. The van der Waals surface area contributed by atoms with Crippen molar-refractivity contribution in [3.05, 3.63) is 59.2 Å². The molecule has 0 unspecified atom stereocenters. The molecule has 128 valence electrons. The Morgan fingerprint density at radius 2 is 1.96 bits per heavy atom. The number of ether oxygens (including phenoxy) is 2. The van der Waals surface area contributed by atoms with Crippen molar-refractivity contribution in [1.82, 2.24) is 4.90 Å². The molecular weight excluding hydrogens is 322 g/mol. The average Bonchev–Trinajstić information content (AvgIpc) is 2.74. The van der Waals surface area contributed by atoms with E-state index in [9.17, 15) is 14.4 Å². The maximum Gasteiger partial charge on any atom is 0.267 e. The Hall–Kier alpha value is -3.15. The lowest BCUT2D eigenvalue weighted by Gasteiger charge is -2.18. The van der Waals surface area contributed by atoms with Gasteiger partial charge >= 0.3 is 0 Å². The Bertz CT molecular complexity index is 859. The molecule has 1 aliphatic rings. The van der Waals surface area contributed by atoms with Crippen LogP contribution in [0.15, 0.2) is 42.5 Å². The molecule has 2 amide bonds. The fraction of sp³-hybridized carbons (Fsp3) is 0.211. The van der Waals surface area contributed by atoms with Crippen molar-refractivity contribution in [1.29, 1.82) is 0 Å². The topological polar surface area (TPSA) is 72.9 Å². The largest absolute Gasteiger partial charge is 0.496 e. The Morgan fingerprint density at radius 3 is 2.72 bits per heavy atom. The number of ketones is 1. The molecule has 0 N–H and O–H groups in total. The van der Waals surface area contributed by atoms with Gasteiger partial charge in [-0.3, -0.25) is 19.3 Å². The summed E-state index contributed by atoms with van der Waals surface area (Å²) in [6, 6.07) is 11.8. The van der Waals surface area contributed by atoms with Crippen molar-refractivity contribution < 1.29 is 23.9 Å². The zero-order valence-electron chi connectivity index (χ0n) is 13.9. The summed E-state index contributed by atoms with van der Waals surface area (Å²) in [4.78, 5) is 38.6. The van der Waals surface area contributed by atoms with Gasteiger partial charge in [-0.15, -0.1) is 0 Å². The number of amides is 2. The number of rotatable bonds is 4. The minimum Gasteiger partial charge on any atom is -0.496 e. The van der Waals surface area contributed by atoms with E-state index in [4.69, 9.17) is 9.47 Å². The van der Waals surface area contributed by atoms with E-state index in [1.165, 1.54) is 7.11 Å². The first-order valence-electron chi connectivity index (χ1n) is 7.75. The molecule has 0 bridgehead atoms. The van der Waals surface area contributed by atoms with E-state index in [0.29, 0.717) is 17.1 Å². The minimum atomic E-state index is -0.554. The third-order valence-corrected chi connectivity index (χ3v) is 3.97. The Balaban J connectivity index is 1.91. The molecule has 3 rings (SSSR count). The van der Waals surface area contributed by atoms with Gasteiger partial charge in [0.05, 0.1) is 24.8 Å². The van der Waals surface area contributed by atoms with Crippen LogP contribution in [0.3, 0.4) is 0 Å². The van der Waals surface area contributed by atoms with Gasteiger partial charge in [0.2, 0.25) is 0 Å². The van der Waals surface area contributed by atoms with Crippen LogP contribution < -0.4 is 9.47 Å². The van der Waals surface area contributed by atoms with Crippen LogP contribution >= 0.6 is 0 Å². The molecule has 0 atom stereocenters. The quantitative estimate of drug-likeness (QED) is 0.631. The first-order valence-corrected chi connectivity index (χ1v) is 7.75. The van der Waals surface area contributed by atoms with E-state index in [0.717, 1.165) is 10.5 Å². The van der Waals surface area contributed by atoms with Gasteiger partial charge in [0.25, 0.3) is 11.8 Å². The maximum atomic E-state index is 12.7. The molecule has 0 saturated heterocycles. The van der Waals surface area contributed by atoms with Crippen LogP contribution in [0.25, 0.3) is 0 Å². The van der Waals surface area contributed by atoms with Crippen molar-refractivity contribution in [2.75, 3.05) is 20.3 Å². The van der Waals surface area contributed by atoms with Crippen LogP contribution in [-0.2, 0) is 4.79 Å². The molecule has 6 nitrogen and oxygen atoms in total. The lowest BCUT2D eigenvalue weighted by atomic mass is 10.1. The third-order valence-electron chi connectivity index (χ3n) is 3.97. The summed E-state index contributed by atoms with van der Waals surface area (Å²) in [7, 11) is 1.47. The highest BCUT2D eigenvalue weighted by Crippen LogP contribution is 2.24. The van der Waals surface area contributed by atoms with Crippen molar-refractivity contribution in [2.24, 2.45) is 0 Å². The molecular formula is C19H17NO5. The van der Waals surface area contributed by atoms with Gasteiger partial charge in [0.15, 0.2) is 12.4 Å². The number of methoxy groups -OCH3 is 1. The molecule has 1 heterocycles. The van der Waals surface area contributed by atoms with Gasteiger partial charge in [-0.05, 0) is 31.2 Å². The molecule has 0 fully saturated rings. The van der Waals surface area contributed by atoms with Gasteiger partial charge < -0.3 is 9.47 Å². The van der Waals surface area contributed by atoms with Crippen molar-refractivity contribution in [3.63, 3.8) is 0 Å². The number of carbonyl (C=O) groups is 3. The summed E-state index contributed by atoms with van der Waals surface area (Å²) in [5.41, 5.74) is 1.48. The van der Waals surface area contributed by atoms with Crippen LogP contribution in [-0.4, -0.2) is 42.8 Å². The monoisotopic (exact) mass is 339 g/mol. The van der Waals surface area contributed by atoms with Crippen molar-refractivity contribution >= 4 is 17.6 Å². The number of hydrogen-bond acceptors (Lipinski definition) is 5. The van der Waals surface area contributed by atoms with Crippen LogP contribution in [0, 0.1) is 6.92 Å². The number of imide groups is 1. The highest BCUT2D eigenvalue weighted by molar-refractivity contribution is 6.12. The fourth-order valence-electron chi connectivity index (χ4n) is 2.67. The summed E-state index contributed by atoms with van der Waals surface area (Å²) in [6.45, 7) is 1.19. The Morgan fingerprint density at radius 1 is 1.20 bits per heavy atom. The summed E-state index contributed by atoms with van der Waals surface area (Å²) < 4.78 is 10.6. The van der Waals surface area contributed by atoms with Crippen LogP contribution in [0.2, 0.25) is 0 Å². The second-order valence-corrected chi connectivity index (χ2v) is 5.70. The number of fused-ring (bicyclic) bond motifs is 1. The normalized spacial score (nSPS) is 13.8. The first kappa shape index (κ1) is 16.7. The van der Waals surface area contributed by atoms with E-state index in [2.05, 4.69) is 0 Å². The summed E-state index contributed by atoms with van der Waals surface area (Å²) >= 11 is 0. The molecule has 0 radical (unpaired) electrons. The molecule has 0 spiro atoms.